The fourth-order valence-corrected chi connectivity index (χ4v) is 3.80. The van der Waals surface area contributed by atoms with Gasteiger partial charge in [0.15, 0.2) is 0 Å². The average molecular weight is 422 g/mol. The van der Waals surface area contributed by atoms with Gasteiger partial charge in [0.2, 0.25) is 0 Å². The number of fused-ring (bicyclic) bond motifs is 1. The maximum Gasteiger partial charge on any atom is 0.149 e. The van der Waals surface area contributed by atoms with Gasteiger partial charge in [-0.15, -0.1) is 0 Å². The summed E-state index contributed by atoms with van der Waals surface area (Å²) in [6, 6.07) is 25.4. The van der Waals surface area contributed by atoms with E-state index in [9.17, 15) is 5.11 Å². The van der Waals surface area contributed by atoms with Gasteiger partial charge in [-0.3, -0.25) is 4.40 Å². The SMILES string of the molecule is Cc1ccc(O)c(-c2nc(-c3nc(C)ccc3OCc3ccccc3)c3ccccn23)c1. The van der Waals surface area contributed by atoms with Crippen LogP contribution >= 0.6 is 0 Å². The first-order chi connectivity index (χ1) is 15.6. The minimum absolute atomic E-state index is 0.190. The van der Waals surface area contributed by atoms with Crippen LogP contribution in [0.5, 0.6) is 11.5 Å². The normalized spacial score (nSPS) is 11.1. The van der Waals surface area contributed by atoms with E-state index in [-0.39, 0.29) is 5.75 Å². The first kappa shape index (κ1) is 19.8. The number of ether oxygens (including phenoxy) is 1. The van der Waals surface area contributed by atoms with E-state index in [0.717, 1.165) is 22.3 Å². The minimum atomic E-state index is 0.190. The van der Waals surface area contributed by atoms with Crippen LogP contribution in [0.25, 0.3) is 28.3 Å². The topological polar surface area (TPSA) is 59.7 Å². The molecule has 0 bridgehead atoms. The lowest BCUT2D eigenvalue weighted by Gasteiger charge is -2.11. The van der Waals surface area contributed by atoms with Crippen molar-refractivity contribution in [2.45, 2.75) is 20.5 Å². The second-order valence-electron chi connectivity index (χ2n) is 7.83. The zero-order chi connectivity index (χ0) is 22.1. The molecule has 0 radical (unpaired) electrons. The molecule has 0 atom stereocenters. The van der Waals surface area contributed by atoms with Gasteiger partial charge in [0, 0.05) is 11.9 Å². The third-order valence-electron chi connectivity index (χ3n) is 5.40. The molecule has 158 valence electrons. The van der Waals surface area contributed by atoms with E-state index in [4.69, 9.17) is 14.7 Å². The average Bonchev–Trinajstić information content (AvgIpc) is 3.20. The molecule has 32 heavy (non-hydrogen) atoms. The maximum absolute atomic E-state index is 10.5. The van der Waals surface area contributed by atoms with Gasteiger partial charge in [0.25, 0.3) is 0 Å². The van der Waals surface area contributed by atoms with Crippen molar-refractivity contribution >= 4 is 5.52 Å². The number of rotatable bonds is 5. The summed E-state index contributed by atoms with van der Waals surface area (Å²) in [5.74, 6) is 1.52. The summed E-state index contributed by atoms with van der Waals surface area (Å²) < 4.78 is 8.16. The number of nitrogens with zero attached hydrogens (tertiary/aromatic N) is 3. The highest BCUT2D eigenvalue weighted by molar-refractivity contribution is 5.83. The van der Waals surface area contributed by atoms with Crippen molar-refractivity contribution in [1.82, 2.24) is 14.4 Å². The minimum Gasteiger partial charge on any atom is -0.507 e. The standard InChI is InChI=1S/C27H23N3O2/c1-18-11-13-23(31)21(16-18)27-29-25(22-10-6-7-15-30(22)27)26-24(14-12-19(2)28-26)32-17-20-8-4-3-5-9-20/h3-16,31H,17H2,1-2H3. The van der Waals surface area contributed by atoms with E-state index in [0.29, 0.717) is 35.1 Å². The summed E-state index contributed by atoms with van der Waals surface area (Å²) in [4.78, 5) is 9.74. The number of hydrogen-bond donors (Lipinski definition) is 1. The van der Waals surface area contributed by atoms with Gasteiger partial charge in [-0.1, -0.05) is 48.0 Å². The predicted molar refractivity (Wildman–Crippen MR) is 126 cm³/mol. The Bertz CT molecular complexity index is 1410. The summed E-state index contributed by atoms with van der Waals surface area (Å²) in [6.07, 6.45) is 1.95. The first-order valence-corrected chi connectivity index (χ1v) is 10.5. The van der Waals surface area contributed by atoms with Crippen molar-refractivity contribution in [2.75, 3.05) is 0 Å². The lowest BCUT2D eigenvalue weighted by atomic mass is 10.1. The van der Waals surface area contributed by atoms with E-state index < -0.39 is 0 Å². The van der Waals surface area contributed by atoms with Crippen molar-refractivity contribution < 1.29 is 9.84 Å². The van der Waals surface area contributed by atoms with E-state index in [1.807, 2.05) is 97.2 Å². The number of aromatic nitrogens is 3. The fraction of sp³-hybridized carbons (Fsp3) is 0.111. The Morgan fingerprint density at radius 2 is 1.66 bits per heavy atom. The number of imidazole rings is 1. The number of phenols is 1. The number of pyridine rings is 2. The van der Waals surface area contributed by atoms with Crippen LogP contribution in [-0.4, -0.2) is 19.5 Å². The van der Waals surface area contributed by atoms with E-state index in [1.165, 1.54) is 0 Å². The first-order valence-electron chi connectivity index (χ1n) is 10.5. The maximum atomic E-state index is 10.5. The van der Waals surface area contributed by atoms with Crippen LogP contribution in [0.2, 0.25) is 0 Å². The smallest absolute Gasteiger partial charge is 0.149 e. The molecule has 0 spiro atoms. The van der Waals surface area contributed by atoms with Gasteiger partial charge in [-0.25, -0.2) is 9.97 Å². The van der Waals surface area contributed by atoms with Crippen LogP contribution < -0.4 is 4.74 Å². The molecule has 5 nitrogen and oxygen atoms in total. The number of hydrogen-bond acceptors (Lipinski definition) is 4. The van der Waals surface area contributed by atoms with Crippen molar-refractivity contribution in [1.29, 1.82) is 0 Å². The summed E-state index contributed by atoms with van der Waals surface area (Å²) in [5.41, 5.74) is 5.98. The number of benzene rings is 2. The zero-order valence-corrected chi connectivity index (χ0v) is 18.0. The molecule has 5 rings (SSSR count). The lowest BCUT2D eigenvalue weighted by molar-refractivity contribution is 0.306. The fourth-order valence-electron chi connectivity index (χ4n) is 3.80. The predicted octanol–water partition coefficient (Wildman–Crippen LogP) is 5.96. The number of aryl methyl sites for hydroxylation is 2. The van der Waals surface area contributed by atoms with Gasteiger partial charge in [0.05, 0.1) is 11.1 Å². The quantitative estimate of drug-likeness (QED) is 0.380. The molecular weight excluding hydrogens is 398 g/mol. The van der Waals surface area contributed by atoms with Gasteiger partial charge >= 0.3 is 0 Å². The van der Waals surface area contributed by atoms with Crippen LogP contribution in [0.15, 0.2) is 85.1 Å². The molecule has 0 saturated carbocycles. The van der Waals surface area contributed by atoms with Crippen LogP contribution in [0, 0.1) is 13.8 Å². The van der Waals surface area contributed by atoms with Crippen molar-refractivity contribution in [3.05, 3.63) is 102 Å². The molecule has 0 aliphatic carbocycles. The molecule has 0 amide bonds. The molecular formula is C27H23N3O2. The van der Waals surface area contributed by atoms with E-state index >= 15 is 0 Å². The highest BCUT2D eigenvalue weighted by Gasteiger charge is 2.20. The van der Waals surface area contributed by atoms with Gasteiger partial charge < -0.3 is 9.84 Å². The van der Waals surface area contributed by atoms with Crippen molar-refractivity contribution in [3.63, 3.8) is 0 Å². The molecule has 1 N–H and O–H groups in total. The Hall–Kier alpha value is -4.12. The van der Waals surface area contributed by atoms with E-state index in [2.05, 4.69) is 0 Å². The summed E-state index contributed by atoms with van der Waals surface area (Å²) in [5, 5.41) is 10.5. The van der Waals surface area contributed by atoms with Gasteiger partial charge in [-0.05, 0) is 55.8 Å². The third-order valence-corrected chi connectivity index (χ3v) is 5.40. The monoisotopic (exact) mass is 421 g/mol. The van der Waals surface area contributed by atoms with E-state index in [1.54, 1.807) is 6.07 Å². The molecule has 0 fully saturated rings. The van der Waals surface area contributed by atoms with Crippen LogP contribution in [0.1, 0.15) is 16.8 Å². The summed E-state index contributed by atoms with van der Waals surface area (Å²) in [7, 11) is 0. The highest BCUT2D eigenvalue weighted by atomic mass is 16.5. The van der Waals surface area contributed by atoms with Crippen LogP contribution in [-0.2, 0) is 6.61 Å². The molecule has 5 heteroatoms. The Labute approximate surface area is 186 Å². The molecule has 3 aromatic heterocycles. The van der Waals surface area contributed by atoms with Crippen molar-refractivity contribution in [3.8, 4) is 34.3 Å². The Morgan fingerprint density at radius 3 is 2.50 bits per heavy atom. The molecule has 0 saturated heterocycles. The Balaban J connectivity index is 1.66. The number of aromatic hydroxyl groups is 1. The van der Waals surface area contributed by atoms with Crippen LogP contribution in [0.3, 0.4) is 0 Å². The highest BCUT2D eigenvalue weighted by Crippen LogP contribution is 2.37. The molecule has 5 aromatic rings. The van der Waals surface area contributed by atoms with Crippen LogP contribution in [0.4, 0.5) is 0 Å². The number of phenolic OH excluding ortho intramolecular Hbond substituents is 1. The molecule has 0 aliphatic heterocycles. The summed E-state index contributed by atoms with van der Waals surface area (Å²) in [6.45, 7) is 4.39. The third kappa shape index (κ3) is 3.69. The molecule has 0 aliphatic rings. The van der Waals surface area contributed by atoms with Gasteiger partial charge in [0.1, 0.15) is 35.3 Å². The van der Waals surface area contributed by atoms with Crippen molar-refractivity contribution in [2.24, 2.45) is 0 Å². The Morgan fingerprint density at radius 1 is 0.844 bits per heavy atom. The second kappa shape index (κ2) is 8.19. The molecule has 3 heterocycles. The Kier molecular flexibility index (Phi) is 5.07. The van der Waals surface area contributed by atoms with Gasteiger partial charge in [-0.2, -0.15) is 0 Å². The zero-order valence-electron chi connectivity index (χ0n) is 18.0. The largest absolute Gasteiger partial charge is 0.507 e. The molecule has 0 unspecified atom stereocenters. The summed E-state index contributed by atoms with van der Waals surface area (Å²) >= 11 is 0. The molecule has 2 aromatic carbocycles. The second-order valence-corrected chi connectivity index (χ2v) is 7.83. The lowest BCUT2D eigenvalue weighted by Crippen LogP contribution is -1.99.